The van der Waals surface area contributed by atoms with Gasteiger partial charge < -0.3 is 25.2 Å². The fourth-order valence-electron chi connectivity index (χ4n) is 1.98. The predicted octanol–water partition coefficient (Wildman–Crippen LogP) is 0.761. The van der Waals surface area contributed by atoms with Gasteiger partial charge in [0.2, 0.25) is 0 Å². The topological polar surface area (TPSA) is 116 Å². The minimum absolute atomic E-state index is 0.0561. The molecular formula is C13H24N2O6. The van der Waals surface area contributed by atoms with E-state index in [0.717, 1.165) is 0 Å². The Morgan fingerprint density at radius 2 is 1.76 bits per heavy atom. The number of aliphatic carboxylic acids is 2. The van der Waals surface area contributed by atoms with Crippen LogP contribution in [0.15, 0.2) is 0 Å². The minimum Gasteiger partial charge on any atom is -0.481 e. The normalized spacial score (nSPS) is 12.0. The molecule has 0 saturated carbocycles. The Labute approximate surface area is 124 Å². The summed E-state index contributed by atoms with van der Waals surface area (Å²) < 4.78 is 4.95. The van der Waals surface area contributed by atoms with Gasteiger partial charge in [0.25, 0.3) is 0 Å². The number of methoxy groups -OCH3 is 1. The summed E-state index contributed by atoms with van der Waals surface area (Å²) in [7, 11) is 1.51. The molecule has 0 spiro atoms. The van der Waals surface area contributed by atoms with E-state index in [1.54, 1.807) is 0 Å². The minimum atomic E-state index is -1.45. The molecule has 8 heteroatoms. The highest BCUT2D eigenvalue weighted by Crippen LogP contribution is 2.09. The van der Waals surface area contributed by atoms with Crippen LogP contribution in [0, 0.1) is 0 Å². The fraction of sp³-hybridized carbons (Fsp3) is 0.769. The van der Waals surface area contributed by atoms with E-state index in [0.29, 0.717) is 26.0 Å². The molecule has 0 aliphatic carbocycles. The van der Waals surface area contributed by atoms with Crippen molar-refractivity contribution < 1.29 is 29.3 Å². The maximum atomic E-state index is 12.2. The molecule has 122 valence electrons. The van der Waals surface area contributed by atoms with Crippen molar-refractivity contribution in [1.29, 1.82) is 0 Å². The van der Waals surface area contributed by atoms with E-state index in [1.807, 2.05) is 13.8 Å². The second-order valence-corrected chi connectivity index (χ2v) is 4.59. The lowest BCUT2D eigenvalue weighted by atomic mass is 10.1. The van der Waals surface area contributed by atoms with Crippen LogP contribution in [-0.2, 0) is 14.3 Å². The molecule has 0 aromatic heterocycles. The molecule has 0 aromatic carbocycles. The quantitative estimate of drug-likeness (QED) is 0.548. The van der Waals surface area contributed by atoms with E-state index in [1.165, 1.54) is 12.0 Å². The number of carbonyl (C=O) groups is 3. The number of carboxylic acid groups (broad SMARTS) is 2. The molecule has 1 atom stereocenters. The summed E-state index contributed by atoms with van der Waals surface area (Å²) in [5, 5.41) is 19.9. The number of hydrogen-bond acceptors (Lipinski definition) is 4. The number of carbonyl (C=O) groups excluding carboxylic acids is 1. The molecule has 2 amide bonds. The van der Waals surface area contributed by atoms with Gasteiger partial charge >= 0.3 is 18.0 Å². The van der Waals surface area contributed by atoms with E-state index in [9.17, 15) is 14.4 Å². The lowest BCUT2D eigenvalue weighted by Gasteiger charge is -2.31. The third-order valence-electron chi connectivity index (χ3n) is 3.15. The van der Waals surface area contributed by atoms with Crippen molar-refractivity contribution in [3.05, 3.63) is 0 Å². The van der Waals surface area contributed by atoms with Crippen LogP contribution >= 0.6 is 0 Å². The first-order valence-electron chi connectivity index (χ1n) is 6.87. The smallest absolute Gasteiger partial charge is 0.326 e. The molecule has 0 radical (unpaired) electrons. The molecule has 3 N–H and O–H groups in total. The summed E-state index contributed by atoms with van der Waals surface area (Å²) in [6.07, 6.45) is 0.761. The van der Waals surface area contributed by atoms with Crippen LogP contribution in [0.3, 0.4) is 0 Å². The molecule has 21 heavy (non-hydrogen) atoms. The van der Waals surface area contributed by atoms with E-state index in [4.69, 9.17) is 14.9 Å². The second kappa shape index (κ2) is 9.98. The van der Waals surface area contributed by atoms with Crippen LogP contribution < -0.4 is 5.32 Å². The van der Waals surface area contributed by atoms with Crippen LogP contribution in [0.2, 0.25) is 0 Å². The second-order valence-electron chi connectivity index (χ2n) is 4.59. The number of amides is 2. The summed E-state index contributed by atoms with van der Waals surface area (Å²) >= 11 is 0. The number of hydrogen-bond donors (Lipinski definition) is 3. The van der Waals surface area contributed by atoms with Crippen LogP contribution in [0.4, 0.5) is 4.79 Å². The molecule has 0 aromatic rings. The average molecular weight is 304 g/mol. The zero-order valence-corrected chi connectivity index (χ0v) is 12.7. The van der Waals surface area contributed by atoms with Crippen LogP contribution in [0.1, 0.15) is 33.1 Å². The number of nitrogens with one attached hydrogen (secondary N) is 1. The van der Waals surface area contributed by atoms with Gasteiger partial charge in [0.15, 0.2) is 0 Å². The van der Waals surface area contributed by atoms with Gasteiger partial charge in [-0.2, -0.15) is 0 Å². The Bertz CT molecular complexity index is 357. The standard InChI is InChI=1S/C13H24N2O6/c1-4-9(5-2)15(6-7-21-3)13(20)14-10(12(18)19)8-11(16)17/h9-10H,4-8H2,1-3H3,(H,14,20)(H,16,17)(H,18,19)/t10-/m0/s1. The fourth-order valence-corrected chi connectivity index (χ4v) is 1.98. The van der Waals surface area contributed by atoms with Gasteiger partial charge in [-0.3, -0.25) is 4.79 Å². The van der Waals surface area contributed by atoms with Crippen molar-refractivity contribution in [3.8, 4) is 0 Å². The molecule has 0 heterocycles. The Balaban J connectivity index is 4.91. The zero-order valence-electron chi connectivity index (χ0n) is 12.7. The first-order chi connectivity index (χ1) is 9.87. The monoisotopic (exact) mass is 304 g/mol. The van der Waals surface area contributed by atoms with Crippen molar-refractivity contribution in [1.82, 2.24) is 10.2 Å². The summed E-state index contributed by atoms with van der Waals surface area (Å²) in [6, 6.07) is -2.09. The Morgan fingerprint density at radius 3 is 2.14 bits per heavy atom. The Morgan fingerprint density at radius 1 is 1.19 bits per heavy atom. The number of nitrogens with zero attached hydrogens (tertiary/aromatic N) is 1. The van der Waals surface area contributed by atoms with Crippen molar-refractivity contribution >= 4 is 18.0 Å². The van der Waals surface area contributed by atoms with Gasteiger partial charge in [-0.25, -0.2) is 9.59 Å². The van der Waals surface area contributed by atoms with Gasteiger partial charge in [-0.05, 0) is 12.8 Å². The average Bonchev–Trinajstić information content (AvgIpc) is 2.41. The summed E-state index contributed by atoms with van der Waals surface area (Å²) in [5.41, 5.74) is 0. The zero-order chi connectivity index (χ0) is 16.4. The van der Waals surface area contributed by atoms with Gasteiger partial charge in [0, 0.05) is 19.7 Å². The van der Waals surface area contributed by atoms with Crippen LogP contribution in [0.5, 0.6) is 0 Å². The number of urea groups is 1. The Hall–Kier alpha value is -1.83. The molecule has 0 aliphatic rings. The van der Waals surface area contributed by atoms with E-state index in [2.05, 4.69) is 5.32 Å². The SMILES string of the molecule is CCC(CC)N(CCOC)C(=O)N[C@@H](CC(=O)O)C(=O)O. The number of rotatable bonds is 10. The third-order valence-corrected chi connectivity index (χ3v) is 3.15. The lowest BCUT2D eigenvalue weighted by Crippen LogP contribution is -2.52. The predicted molar refractivity (Wildman–Crippen MR) is 75.2 cm³/mol. The van der Waals surface area contributed by atoms with Gasteiger partial charge in [-0.1, -0.05) is 13.8 Å². The van der Waals surface area contributed by atoms with Crippen LogP contribution in [0.25, 0.3) is 0 Å². The molecule has 8 nitrogen and oxygen atoms in total. The van der Waals surface area contributed by atoms with Crippen molar-refractivity contribution in [2.75, 3.05) is 20.3 Å². The van der Waals surface area contributed by atoms with Gasteiger partial charge in [0.1, 0.15) is 6.04 Å². The molecule has 0 saturated heterocycles. The molecule has 0 rings (SSSR count). The highest BCUT2D eigenvalue weighted by Gasteiger charge is 2.27. The highest BCUT2D eigenvalue weighted by molar-refractivity contribution is 5.86. The van der Waals surface area contributed by atoms with E-state index < -0.39 is 30.4 Å². The molecule has 0 fully saturated rings. The largest absolute Gasteiger partial charge is 0.481 e. The van der Waals surface area contributed by atoms with Crippen molar-refractivity contribution in [3.63, 3.8) is 0 Å². The third kappa shape index (κ3) is 6.94. The lowest BCUT2D eigenvalue weighted by molar-refractivity contribution is -0.145. The Kier molecular flexibility index (Phi) is 9.11. The van der Waals surface area contributed by atoms with Gasteiger partial charge in [0.05, 0.1) is 13.0 Å². The first-order valence-corrected chi connectivity index (χ1v) is 6.87. The maximum absolute atomic E-state index is 12.2. The van der Waals surface area contributed by atoms with E-state index >= 15 is 0 Å². The van der Waals surface area contributed by atoms with Crippen molar-refractivity contribution in [2.24, 2.45) is 0 Å². The summed E-state index contributed by atoms with van der Waals surface area (Å²) in [5.74, 6) is -2.66. The van der Waals surface area contributed by atoms with Gasteiger partial charge in [-0.15, -0.1) is 0 Å². The van der Waals surface area contributed by atoms with Crippen molar-refractivity contribution in [2.45, 2.75) is 45.2 Å². The maximum Gasteiger partial charge on any atom is 0.326 e. The van der Waals surface area contributed by atoms with Crippen LogP contribution in [-0.4, -0.2) is 65.4 Å². The summed E-state index contributed by atoms with van der Waals surface area (Å²) in [4.78, 5) is 35.3. The summed E-state index contributed by atoms with van der Waals surface area (Å²) in [6.45, 7) is 4.48. The highest BCUT2D eigenvalue weighted by atomic mass is 16.5. The van der Waals surface area contributed by atoms with E-state index in [-0.39, 0.29) is 6.04 Å². The molecular weight excluding hydrogens is 280 g/mol. The number of carboxylic acids is 2. The molecule has 0 bridgehead atoms. The number of ether oxygens (including phenoxy) is 1. The first kappa shape index (κ1) is 19.2. The molecule has 0 aliphatic heterocycles. The molecule has 0 unspecified atom stereocenters.